The monoisotopic (exact) mass is 686 g/mol. The lowest BCUT2D eigenvalue weighted by atomic mass is 9.85. The molecule has 10 aromatic carbocycles. The predicted molar refractivity (Wildman–Crippen MR) is 227 cm³/mol. The van der Waals surface area contributed by atoms with Gasteiger partial charge in [-0.3, -0.25) is 0 Å². The maximum absolute atomic E-state index is 6.41. The van der Waals surface area contributed by atoms with Crippen LogP contribution in [-0.2, 0) is 0 Å². The van der Waals surface area contributed by atoms with Crippen LogP contribution >= 0.6 is 0 Å². The van der Waals surface area contributed by atoms with Gasteiger partial charge in [-0.25, -0.2) is 0 Å². The first-order valence-corrected chi connectivity index (χ1v) is 18.5. The van der Waals surface area contributed by atoms with Crippen LogP contribution in [0.1, 0.15) is 0 Å². The molecular weight excluding hydrogens is 657 g/mol. The third kappa shape index (κ3) is 4.28. The number of rotatable bonds is 3. The average Bonchev–Trinajstić information content (AvgIpc) is 3.77. The molecule has 2 aromatic heterocycles. The van der Waals surface area contributed by atoms with E-state index in [1.54, 1.807) is 0 Å². The van der Waals surface area contributed by atoms with Crippen molar-refractivity contribution in [1.82, 2.24) is 0 Å². The van der Waals surface area contributed by atoms with Crippen LogP contribution in [0.3, 0.4) is 0 Å². The Labute approximate surface area is 310 Å². The molecule has 0 N–H and O–H groups in total. The van der Waals surface area contributed by atoms with Gasteiger partial charge in [0.15, 0.2) is 0 Å². The van der Waals surface area contributed by atoms with E-state index in [4.69, 9.17) is 8.83 Å². The molecule has 0 fully saturated rings. The van der Waals surface area contributed by atoms with E-state index in [9.17, 15) is 0 Å². The van der Waals surface area contributed by atoms with E-state index in [1.807, 2.05) is 0 Å². The zero-order valence-electron chi connectivity index (χ0n) is 29.1. The molecule has 0 saturated heterocycles. The van der Waals surface area contributed by atoms with Crippen molar-refractivity contribution in [2.24, 2.45) is 0 Å². The second kappa shape index (κ2) is 11.2. The summed E-state index contributed by atoms with van der Waals surface area (Å²) in [6.45, 7) is 0. The molecule has 0 aliphatic carbocycles. The van der Waals surface area contributed by atoms with Gasteiger partial charge in [0.05, 0.1) is 0 Å². The molecule has 0 spiro atoms. The summed E-state index contributed by atoms with van der Waals surface area (Å²) in [7, 11) is 0. The average molecular weight is 687 g/mol. The van der Waals surface area contributed by atoms with Crippen LogP contribution in [0.15, 0.2) is 191 Å². The molecule has 0 radical (unpaired) electrons. The summed E-state index contributed by atoms with van der Waals surface area (Å²) in [4.78, 5) is 0. The molecule has 2 heteroatoms. The molecule has 0 atom stereocenters. The Hall–Kier alpha value is -7.16. The first-order valence-electron chi connectivity index (χ1n) is 18.5. The topological polar surface area (TPSA) is 26.3 Å². The van der Waals surface area contributed by atoms with Crippen LogP contribution in [0.25, 0.3) is 120 Å². The lowest BCUT2D eigenvalue weighted by Gasteiger charge is -2.18. The van der Waals surface area contributed by atoms with Crippen molar-refractivity contribution < 1.29 is 8.83 Å². The van der Waals surface area contributed by atoms with Crippen LogP contribution in [0, 0.1) is 0 Å². The lowest BCUT2D eigenvalue weighted by Crippen LogP contribution is -1.91. The van der Waals surface area contributed by atoms with Gasteiger partial charge in [0.2, 0.25) is 0 Å². The van der Waals surface area contributed by atoms with Gasteiger partial charge in [-0.2, -0.15) is 0 Å². The first-order chi connectivity index (χ1) is 26.7. The van der Waals surface area contributed by atoms with Crippen molar-refractivity contribution >= 4 is 87.0 Å². The van der Waals surface area contributed by atoms with E-state index >= 15 is 0 Å². The highest BCUT2D eigenvalue weighted by Crippen LogP contribution is 2.46. The summed E-state index contributed by atoms with van der Waals surface area (Å²) in [5, 5.41) is 14.3. The van der Waals surface area contributed by atoms with Crippen molar-refractivity contribution in [3.63, 3.8) is 0 Å². The number of hydrogen-bond acceptors (Lipinski definition) is 2. The second-order valence-electron chi connectivity index (χ2n) is 14.4. The van der Waals surface area contributed by atoms with Crippen molar-refractivity contribution in [1.29, 1.82) is 0 Å². The Kier molecular flexibility index (Phi) is 6.09. The maximum atomic E-state index is 6.41. The molecule has 54 heavy (non-hydrogen) atoms. The fraction of sp³-hybridized carbons (Fsp3) is 0. The maximum Gasteiger partial charge on any atom is 0.136 e. The molecular formula is C52H30O2. The highest BCUT2D eigenvalue weighted by molar-refractivity contribution is 6.23. The normalized spacial score (nSPS) is 12.1. The smallest absolute Gasteiger partial charge is 0.136 e. The Morgan fingerprint density at radius 2 is 0.722 bits per heavy atom. The standard InChI is InChI=1S/C52H30O2/c1-3-12-35-29-48-44(26-33(35)10-1)43-28-37(24-25-46(43)53-48)51-41-16-7-5-14-39(41)50(40-15-6-8-17-42(40)51)32-22-20-31(21-23-32)38-18-9-19-47-52(38)45-27-34-11-2-4-13-36(34)30-49(45)54-47/h1-30H. The molecule has 2 heterocycles. The molecule has 12 aromatic rings. The molecule has 12 rings (SSSR count). The van der Waals surface area contributed by atoms with E-state index in [-0.39, 0.29) is 0 Å². The Morgan fingerprint density at radius 3 is 1.35 bits per heavy atom. The zero-order valence-corrected chi connectivity index (χ0v) is 29.1. The summed E-state index contributed by atoms with van der Waals surface area (Å²) >= 11 is 0. The van der Waals surface area contributed by atoms with Crippen LogP contribution < -0.4 is 0 Å². The van der Waals surface area contributed by atoms with Gasteiger partial charge < -0.3 is 8.83 Å². The Balaban J connectivity index is 1.04. The van der Waals surface area contributed by atoms with Crippen LogP contribution in [0.2, 0.25) is 0 Å². The van der Waals surface area contributed by atoms with Gasteiger partial charge in [0.25, 0.3) is 0 Å². The quantitative estimate of drug-likeness (QED) is 0.173. The van der Waals surface area contributed by atoms with Crippen LogP contribution in [-0.4, -0.2) is 0 Å². The minimum Gasteiger partial charge on any atom is -0.456 e. The predicted octanol–water partition coefficient (Wildman–Crippen LogP) is 15.1. The van der Waals surface area contributed by atoms with Crippen molar-refractivity contribution in [2.45, 2.75) is 0 Å². The Bertz CT molecular complexity index is 3430. The van der Waals surface area contributed by atoms with Crippen LogP contribution in [0.4, 0.5) is 0 Å². The summed E-state index contributed by atoms with van der Waals surface area (Å²) < 4.78 is 12.8. The van der Waals surface area contributed by atoms with Crippen molar-refractivity contribution in [3.8, 4) is 33.4 Å². The minimum absolute atomic E-state index is 0.904. The van der Waals surface area contributed by atoms with Crippen molar-refractivity contribution in [2.75, 3.05) is 0 Å². The highest BCUT2D eigenvalue weighted by atomic mass is 16.3. The second-order valence-corrected chi connectivity index (χ2v) is 14.4. The van der Waals surface area contributed by atoms with Gasteiger partial charge in [-0.05, 0) is 119 Å². The lowest BCUT2D eigenvalue weighted by molar-refractivity contribution is 0.669. The number of benzene rings is 10. The van der Waals surface area contributed by atoms with E-state index < -0.39 is 0 Å². The van der Waals surface area contributed by atoms with E-state index in [2.05, 4.69) is 182 Å². The molecule has 2 nitrogen and oxygen atoms in total. The molecule has 0 unspecified atom stereocenters. The molecule has 0 aliphatic rings. The summed E-state index contributed by atoms with van der Waals surface area (Å²) in [6, 6.07) is 65.7. The van der Waals surface area contributed by atoms with Crippen molar-refractivity contribution in [3.05, 3.63) is 182 Å². The third-order valence-electron chi connectivity index (χ3n) is 11.4. The largest absolute Gasteiger partial charge is 0.456 e. The van der Waals surface area contributed by atoms with Gasteiger partial charge >= 0.3 is 0 Å². The molecule has 0 aliphatic heterocycles. The summed E-state index contributed by atoms with van der Waals surface area (Å²) in [5.41, 5.74) is 10.8. The summed E-state index contributed by atoms with van der Waals surface area (Å²) in [6.07, 6.45) is 0. The first kappa shape index (κ1) is 29.4. The van der Waals surface area contributed by atoms with Crippen LogP contribution in [0.5, 0.6) is 0 Å². The molecule has 0 bridgehead atoms. The number of hydrogen-bond donors (Lipinski definition) is 0. The van der Waals surface area contributed by atoms with Gasteiger partial charge in [-0.15, -0.1) is 0 Å². The number of furan rings is 2. The van der Waals surface area contributed by atoms with Gasteiger partial charge in [-0.1, -0.05) is 140 Å². The third-order valence-corrected chi connectivity index (χ3v) is 11.4. The van der Waals surface area contributed by atoms with E-state index in [1.165, 1.54) is 76.5 Å². The summed E-state index contributed by atoms with van der Waals surface area (Å²) in [5.74, 6) is 0. The van der Waals surface area contributed by atoms with E-state index in [0.717, 1.165) is 43.9 Å². The Morgan fingerprint density at radius 1 is 0.259 bits per heavy atom. The fourth-order valence-corrected chi connectivity index (χ4v) is 8.94. The molecule has 0 saturated carbocycles. The fourth-order valence-electron chi connectivity index (χ4n) is 8.94. The van der Waals surface area contributed by atoms with Gasteiger partial charge in [0, 0.05) is 21.5 Å². The zero-order chi connectivity index (χ0) is 35.3. The number of fused-ring (bicyclic) bond motifs is 10. The molecule has 0 amide bonds. The molecule has 250 valence electrons. The van der Waals surface area contributed by atoms with Gasteiger partial charge in [0.1, 0.15) is 22.3 Å². The van der Waals surface area contributed by atoms with E-state index in [0.29, 0.717) is 0 Å². The SMILES string of the molecule is c1ccc2cc3c(cc2c1)oc1ccc(-c2c4ccccc4c(-c4ccc(-c5cccc6oc7cc8ccccc8cc7c56)cc4)c4ccccc24)cc13. The highest BCUT2D eigenvalue weighted by Gasteiger charge is 2.19. The minimum atomic E-state index is 0.904.